The number of carbonyl (C=O) groups excluding carboxylic acids is 1. The van der Waals surface area contributed by atoms with Crippen LogP contribution < -0.4 is 4.74 Å². The highest BCUT2D eigenvalue weighted by molar-refractivity contribution is 5.64. The van der Waals surface area contributed by atoms with E-state index in [-0.39, 0.29) is 11.2 Å². The van der Waals surface area contributed by atoms with Crippen LogP contribution in [0.15, 0.2) is 30.4 Å². The predicted octanol–water partition coefficient (Wildman–Crippen LogP) is 4.67. The Kier molecular flexibility index (Phi) is 6.41. The number of phenolic OH excluding ortho intramolecular Hbond substituents is 1. The van der Waals surface area contributed by atoms with E-state index in [4.69, 9.17) is 4.74 Å². The van der Waals surface area contributed by atoms with Crippen LogP contribution in [0.1, 0.15) is 44.7 Å². The number of carbonyl (C=O) groups is 1. The maximum absolute atomic E-state index is 10.7. The van der Waals surface area contributed by atoms with Gasteiger partial charge < -0.3 is 14.6 Å². The second-order valence-electron chi connectivity index (χ2n) is 5.91. The number of hydrogen-bond donors (Lipinski definition) is 1. The molecule has 3 heteroatoms. The van der Waals surface area contributed by atoms with Crippen molar-refractivity contribution in [1.82, 2.24) is 0 Å². The zero-order valence-electron chi connectivity index (χ0n) is 14.0. The quantitative estimate of drug-likeness (QED) is 0.560. The van der Waals surface area contributed by atoms with Gasteiger partial charge in [0.05, 0.1) is 6.61 Å². The molecule has 3 nitrogen and oxygen atoms in total. The SMILES string of the molecule is C=CC(C)(C)C(=Cc1cc(C)c(OCC)cc1O)CCC=O. The van der Waals surface area contributed by atoms with Crippen molar-refractivity contribution in [3.8, 4) is 11.5 Å². The minimum absolute atomic E-state index is 0.178. The van der Waals surface area contributed by atoms with Gasteiger partial charge in [-0.1, -0.05) is 31.6 Å². The minimum Gasteiger partial charge on any atom is -0.507 e. The van der Waals surface area contributed by atoms with Gasteiger partial charge in [0.2, 0.25) is 0 Å². The zero-order chi connectivity index (χ0) is 16.8. The molecule has 0 amide bonds. The summed E-state index contributed by atoms with van der Waals surface area (Å²) in [5.41, 5.74) is 2.53. The molecular formula is C19H26O3. The normalized spacial score (nSPS) is 12.1. The van der Waals surface area contributed by atoms with Crippen molar-refractivity contribution in [2.75, 3.05) is 6.61 Å². The van der Waals surface area contributed by atoms with Crippen LogP contribution in [-0.2, 0) is 4.79 Å². The number of benzene rings is 1. The highest BCUT2D eigenvalue weighted by Gasteiger charge is 2.19. The average Bonchev–Trinajstić information content (AvgIpc) is 2.48. The van der Waals surface area contributed by atoms with Crippen LogP contribution in [0.5, 0.6) is 11.5 Å². The van der Waals surface area contributed by atoms with Crippen LogP contribution in [0.2, 0.25) is 0 Å². The fourth-order valence-corrected chi connectivity index (χ4v) is 2.24. The summed E-state index contributed by atoms with van der Waals surface area (Å²) in [6, 6.07) is 3.54. The Bertz CT molecular complexity index is 568. The number of aryl methyl sites for hydroxylation is 1. The van der Waals surface area contributed by atoms with Crippen molar-refractivity contribution >= 4 is 12.4 Å². The van der Waals surface area contributed by atoms with Crippen molar-refractivity contribution in [1.29, 1.82) is 0 Å². The lowest BCUT2D eigenvalue weighted by atomic mass is 9.81. The highest BCUT2D eigenvalue weighted by atomic mass is 16.5. The number of ether oxygens (including phenoxy) is 1. The van der Waals surface area contributed by atoms with Crippen LogP contribution in [0.4, 0.5) is 0 Å². The molecule has 0 radical (unpaired) electrons. The van der Waals surface area contributed by atoms with E-state index >= 15 is 0 Å². The monoisotopic (exact) mass is 302 g/mol. The van der Waals surface area contributed by atoms with E-state index in [9.17, 15) is 9.90 Å². The third-order valence-corrected chi connectivity index (χ3v) is 3.82. The molecule has 1 aromatic carbocycles. The average molecular weight is 302 g/mol. The van der Waals surface area contributed by atoms with Gasteiger partial charge in [-0.15, -0.1) is 6.58 Å². The van der Waals surface area contributed by atoms with Gasteiger partial charge in [-0.3, -0.25) is 0 Å². The number of aldehydes is 1. The molecule has 1 N–H and O–H groups in total. The van der Waals surface area contributed by atoms with Gasteiger partial charge in [0.1, 0.15) is 17.8 Å². The van der Waals surface area contributed by atoms with Crippen molar-refractivity contribution < 1.29 is 14.6 Å². The zero-order valence-corrected chi connectivity index (χ0v) is 14.0. The Morgan fingerprint density at radius 2 is 2.09 bits per heavy atom. The van der Waals surface area contributed by atoms with E-state index in [2.05, 4.69) is 20.4 Å². The largest absolute Gasteiger partial charge is 0.507 e. The van der Waals surface area contributed by atoms with Gasteiger partial charge in [0.25, 0.3) is 0 Å². The fourth-order valence-electron chi connectivity index (χ4n) is 2.24. The highest BCUT2D eigenvalue weighted by Crippen LogP contribution is 2.36. The molecule has 0 aliphatic carbocycles. The van der Waals surface area contributed by atoms with E-state index in [1.165, 1.54) is 0 Å². The van der Waals surface area contributed by atoms with E-state index in [1.807, 2.05) is 32.1 Å². The molecule has 0 aliphatic heterocycles. The number of rotatable bonds is 8. The molecule has 120 valence electrons. The molecule has 0 atom stereocenters. The third-order valence-electron chi connectivity index (χ3n) is 3.82. The van der Waals surface area contributed by atoms with E-state index in [1.54, 1.807) is 6.07 Å². The summed E-state index contributed by atoms with van der Waals surface area (Å²) in [5, 5.41) is 10.2. The summed E-state index contributed by atoms with van der Waals surface area (Å²) >= 11 is 0. The van der Waals surface area contributed by atoms with Crippen molar-refractivity contribution in [3.05, 3.63) is 41.5 Å². The number of allylic oxidation sites excluding steroid dienone is 2. The van der Waals surface area contributed by atoms with Crippen LogP contribution in [0, 0.1) is 12.3 Å². The molecule has 0 unspecified atom stereocenters. The Labute approximate surface area is 133 Å². The molecule has 0 saturated heterocycles. The lowest BCUT2D eigenvalue weighted by Crippen LogP contribution is -2.11. The van der Waals surface area contributed by atoms with Gasteiger partial charge >= 0.3 is 0 Å². The van der Waals surface area contributed by atoms with Crippen LogP contribution >= 0.6 is 0 Å². The topological polar surface area (TPSA) is 46.5 Å². The van der Waals surface area contributed by atoms with Crippen molar-refractivity contribution in [2.24, 2.45) is 5.41 Å². The first-order valence-electron chi connectivity index (χ1n) is 7.60. The third kappa shape index (κ3) is 4.48. The molecule has 0 fully saturated rings. The minimum atomic E-state index is -0.234. The van der Waals surface area contributed by atoms with Gasteiger partial charge in [0, 0.05) is 23.5 Å². The molecule has 22 heavy (non-hydrogen) atoms. The smallest absolute Gasteiger partial charge is 0.126 e. The van der Waals surface area contributed by atoms with E-state index in [0.29, 0.717) is 25.2 Å². The molecule has 0 heterocycles. The first-order chi connectivity index (χ1) is 10.4. The molecule has 0 saturated carbocycles. The summed E-state index contributed by atoms with van der Waals surface area (Å²) in [7, 11) is 0. The van der Waals surface area contributed by atoms with Gasteiger partial charge in [-0.25, -0.2) is 0 Å². The Morgan fingerprint density at radius 3 is 2.64 bits per heavy atom. The number of aromatic hydroxyl groups is 1. The van der Waals surface area contributed by atoms with Crippen LogP contribution in [0.3, 0.4) is 0 Å². The Balaban J connectivity index is 3.27. The number of phenols is 1. The molecular weight excluding hydrogens is 276 g/mol. The second kappa shape index (κ2) is 7.83. The molecule has 0 aliphatic rings. The van der Waals surface area contributed by atoms with Gasteiger partial charge in [-0.2, -0.15) is 0 Å². The maximum Gasteiger partial charge on any atom is 0.126 e. The standard InChI is InChI=1S/C19H26O3/c1-6-19(4,5)16(9-8-10-20)12-15-11-14(3)18(22-7-2)13-17(15)21/h6,10-13,21H,1,7-9H2,2-5H3. The Hall–Kier alpha value is -2.03. The first-order valence-corrected chi connectivity index (χ1v) is 7.60. The lowest BCUT2D eigenvalue weighted by Gasteiger charge is -2.24. The second-order valence-corrected chi connectivity index (χ2v) is 5.91. The molecule has 1 rings (SSSR count). The summed E-state index contributed by atoms with van der Waals surface area (Å²) < 4.78 is 5.49. The summed E-state index contributed by atoms with van der Waals surface area (Å²) in [5.74, 6) is 0.868. The molecule has 0 spiro atoms. The van der Waals surface area contributed by atoms with Gasteiger partial charge in [0.15, 0.2) is 0 Å². The molecule has 0 bridgehead atoms. The van der Waals surface area contributed by atoms with E-state index < -0.39 is 0 Å². The fraction of sp³-hybridized carbons (Fsp3) is 0.421. The summed E-state index contributed by atoms with van der Waals surface area (Å²) in [6.07, 6.45) is 5.83. The van der Waals surface area contributed by atoms with Crippen LogP contribution in [-0.4, -0.2) is 18.0 Å². The maximum atomic E-state index is 10.7. The predicted molar refractivity (Wildman–Crippen MR) is 91.3 cm³/mol. The summed E-state index contributed by atoms with van der Waals surface area (Å²) in [6.45, 7) is 12.4. The lowest BCUT2D eigenvalue weighted by molar-refractivity contribution is -0.107. The first kappa shape index (κ1) is 18.0. The van der Waals surface area contributed by atoms with Gasteiger partial charge in [-0.05, 0) is 31.9 Å². The number of hydrogen-bond acceptors (Lipinski definition) is 3. The summed E-state index contributed by atoms with van der Waals surface area (Å²) in [4.78, 5) is 10.7. The van der Waals surface area contributed by atoms with Crippen molar-refractivity contribution in [3.63, 3.8) is 0 Å². The van der Waals surface area contributed by atoms with Crippen molar-refractivity contribution in [2.45, 2.75) is 40.5 Å². The van der Waals surface area contributed by atoms with Crippen LogP contribution in [0.25, 0.3) is 6.08 Å². The molecule has 1 aromatic rings. The Morgan fingerprint density at radius 1 is 1.41 bits per heavy atom. The molecule has 0 aromatic heterocycles. The van der Waals surface area contributed by atoms with E-state index in [0.717, 1.165) is 23.0 Å².